The number of carbonyl (C=O) groups is 1. The lowest BCUT2D eigenvalue weighted by Gasteiger charge is -2.15. The number of nitriles is 1. The molecule has 1 N–H and O–H groups in total. The fourth-order valence-electron chi connectivity index (χ4n) is 4.31. The maximum Gasteiger partial charge on any atom is 0.295 e. The smallest absolute Gasteiger partial charge is 0.295 e. The lowest BCUT2D eigenvalue weighted by Crippen LogP contribution is -2.23. The molecule has 34 heavy (non-hydrogen) atoms. The Hall–Kier alpha value is -3.31. The van der Waals surface area contributed by atoms with Crippen LogP contribution in [0.3, 0.4) is 0 Å². The highest BCUT2D eigenvalue weighted by Gasteiger charge is 2.19. The quantitative estimate of drug-likeness (QED) is 0.529. The van der Waals surface area contributed by atoms with Gasteiger partial charge in [-0.25, -0.2) is 9.67 Å². The zero-order chi connectivity index (χ0) is 24.1. The lowest BCUT2D eigenvalue weighted by atomic mass is 9.96. The third-order valence-electron chi connectivity index (χ3n) is 6.27. The molecule has 1 aliphatic carbocycles. The van der Waals surface area contributed by atoms with Crippen LogP contribution in [-0.4, -0.2) is 26.0 Å². The van der Waals surface area contributed by atoms with Crippen molar-refractivity contribution in [3.8, 4) is 11.8 Å². The minimum atomic E-state index is -0.262. The highest BCUT2D eigenvalue weighted by molar-refractivity contribution is 7.99. The predicted octanol–water partition coefficient (Wildman–Crippen LogP) is 4.53. The van der Waals surface area contributed by atoms with Crippen LogP contribution < -0.4 is 10.9 Å². The molecule has 2 aromatic heterocycles. The summed E-state index contributed by atoms with van der Waals surface area (Å²) in [5.41, 5.74) is 4.31. The van der Waals surface area contributed by atoms with Gasteiger partial charge in [0.15, 0.2) is 0 Å². The van der Waals surface area contributed by atoms with Crippen LogP contribution in [0.4, 0.5) is 5.69 Å². The summed E-state index contributed by atoms with van der Waals surface area (Å²) in [5, 5.41) is 13.1. The van der Waals surface area contributed by atoms with Crippen LogP contribution in [0.25, 0.3) is 5.69 Å². The number of amides is 1. The number of carbonyl (C=O) groups excluding carboxylic acids is 1. The molecule has 2 heterocycles. The van der Waals surface area contributed by atoms with E-state index in [2.05, 4.69) is 11.4 Å². The molecule has 176 valence electrons. The first kappa shape index (κ1) is 23.8. The monoisotopic (exact) mass is 475 g/mol. The van der Waals surface area contributed by atoms with Crippen molar-refractivity contribution in [2.75, 3.05) is 11.1 Å². The van der Waals surface area contributed by atoms with E-state index in [1.165, 1.54) is 30.2 Å². The van der Waals surface area contributed by atoms with E-state index in [1.54, 1.807) is 16.4 Å². The van der Waals surface area contributed by atoms with Gasteiger partial charge in [0.05, 0.1) is 16.9 Å². The van der Waals surface area contributed by atoms with Crippen molar-refractivity contribution >= 4 is 23.4 Å². The number of pyridine rings is 1. The Balaban J connectivity index is 1.43. The van der Waals surface area contributed by atoms with E-state index in [9.17, 15) is 14.9 Å². The van der Waals surface area contributed by atoms with Crippen LogP contribution >= 0.6 is 11.8 Å². The molecule has 0 atom stereocenters. The van der Waals surface area contributed by atoms with Crippen LogP contribution in [0.2, 0.25) is 0 Å². The predicted molar refractivity (Wildman–Crippen MR) is 135 cm³/mol. The summed E-state index contributed by atoms with van der Waals surface area (Å²) < 4.78 is 3.28. The van der Waals surface area contributed by atoms with Crippen LogP contribution in [0, 0.1) is 18.3 Å². The second kappa shape index (κ2) is 10.7. The molecule has 7 nitrogen and oxygen atoms in total. The summed E-state index contributed by atoms with van der Waals surface area (Å²) in [7, 11) is 1.80. The van der Waals surface area contributed by atoms with Gasteiger partial charge >= 0.3 is 0 Å². The van der Waals surface area contributed by atoms with E-state index < -0.39 is 0 Å². The normalized spacial score (nSPS) is 13.4. The summed E-state index contributed by atoms with van der Waals surface area (Å²) in [5.74, 6) is 0.244. The molecule has 4 rings (SSSR count). The number of para-hydroxylation sites is 1. The molecule has 3 aromatic rings. The molecule has 0 bridgehead atoms. The van der Waals surface area contributed by atoms with E-state index in [1.807, 2.05) is 43.3 Å². The number of anilines is 1. The molecule has 0 saturated heterocycles. The summed E-state index contributed by atoms with van der Waals surface area (Å²) >= 11 is 1.43. The topological polar surface area (TPSA) is 92.7 Å². The minimum absolute atomic E-state index is 0.216. The van der Waals surface area contributed by atoms with Crippen LogP contribution in [0.15, 0.2) is 46.2 Å². The van der Waals surface area contributed by atoms with E-state index in [-0.39, 0.29) is 17.9 Å². The number of thioether (sulfide) groups is 1. The van der Waals surface area contributed by atoms with Crippen molar-refractivity contribution < 1.29 is 4.79 Å². The van der Waals surface area contributed by atoms with Gasteiger partial charge in [0.1, 0.15) is 16.8 Å². The molecular formula is C26H29N5O2S. The highest BCUT2D eigenvalue weighted by atomic mass is 32.2. The number of hydrogen-bond acceptors (Lipinski definition) is 5. The minimum Gasteiger partial charge on any atom is -0.320 e. The average Bonchev–Trinajstić information content (AvgIpc) is 3.03. The Morgan fingerprint density at radius 1 is 1.18 bits per heavy atom. The van der Waals surface area contributed by atoms with Gasteiger partial charge in [0, 0.05) is 24.9 Å². The third kappa shape index (κ3) is 5.10. The molecule has 0 fully saturated rings. The van der Waals surface area contributed by atoms with Gasteiger partial charge in [0.2, 0.25) is 5.91 Å². The molecule has 1 aliphatic rings. The van der Waals surface area contributed by atoms with Crippen molar-refractivity contribution in [2.45, 2.75) is 56.9 Å². The summed E-state index contributed by atoms with van der Waals surface area (Å²) in [6, 6.07) is 13.6. The van der Waals surface area contributed by atoms with Gasteiger partial charge in [-0.15, -0.1) is 11.8 Å². The number of fused-ring (bicyclic) bond motifs is 1. The summed E-state index contributed by atoms with van der Waals surface area (Å²) in [6.45, 7) is 1.81. The maximum absolute atomic E-state index is 13.0. The van der Waals surface area contributed by atoms with Gasteiger partial charge in [-0.3, -0.25) is 14.3 Å². The number of hydrogen-bond donors (Lipinski definition) is 1. The standard InChI is InChI=1S/C26H29N5O2S/c1-18-24(26(33)31(30(18)2)21-11-7-5-8-12-21)29-23(32)14-15-34-25-20(17-27)16-19-10-6-3-4-9-13-22(19)28-25/h5,7-8,11-12,16H,3-4,6,9-10,13-15H2,1-2H3,(H,29,32). The Morgan fingerprint density at radius 3 is 2.65 bits per heavy atom. The first-order valence-electron chi connectivity index (χ1n) is 11.7. The first-order chi connectivity index (χ1) is 16.5. The maximum atomic E-state index is 13.0. The zero-order valence-electron chi connectivity index (χ0n) is 19.6. The van der Waals surface area contributed by atoms with Crippen molar-refractivity contribution in [1.29, 1.82) is 5.26 Å². The Bertz CT molecular complexity index is 1290. The molecule has 1 aromatic carbocycles. The molecule has 0 radical (unpaired) electrons. The fourth-order valence-corrected chi connectivity index (χ4v) is 5.23. The van der Waals surface area contributed by atoms with Crippen molar-refractivity contribution in [3.05, 3.63) is 69.3 Å². The molecular weight excluding hydrogens is 446 g/mol. The van der Waals surface area contributed by atoms with Gasteiger partial charge < -0.3 is 5.32 Å². The van der Waals surface area contributed by atoms with Gasteiger partial charge in [-0.2, -0.15) is 5.26 Å². The summed E-state index contributed by atoms with van der Waals surface area (Å²) in [6.07, 6.45) is 6.83. The van der Waals surface area contributed by atoms with Gasteiger partial charge in [-0.1, -0.05) is 31.0 Å². The number of nitrogens with one attached hydrogen (secondary N) is 1. The van der Waals surface area contributed by atoms with Crippen LogP contribution in [0.1, 0.15) is 54.6 Å². The van der Waals surface area contributed by atoms with E-state index in [0.29, 0.717) is 27.7 Å². The average molecular weight is 476 g/mol. The first-order valence-corrected chi connectivity index (χ1v) is 12.7. The Labute approximate surface area is 203 Å². The van der Waals surface area contributed by atoms with Crippen LogP contribution in [0.5, 0.6) is 0 Å². The van der Waals surface area contributed by atoms with Crippen molar-refractivity contribution in [3.63, 3.8) is 0 Å². The number of aromatic nitrogens is 3. The van der Waals surface area contributed by atoms with Crippen molar-refractivity contribution in [2.24, 2.45) is 7.05 Å². The summed E-state index contributed by atoms with van der Waals surface area (Å²) in [4.78, 5) is 30.5. The highest BCUT2D eigenvalue weighted by Crippen LogP contribution is 2.27. The van der Waals surface area contributed by atoms with Crippen LogP contribution in [-0.2, 0) is 24.7 Å². The lowest BCUT2D eigenvalue weighted by molar-refractivity contribution is -0.115. The fraction of sp³-hybridized carbons (Fsp3) is 0.385. The second-order valence-corrected chi connectivity index (χ2v) is 9.64. The Morgan fingerprint density at radius 2 is 1.91 bits per heavy atom. The van der Waals surface area contributed by atoms with Gasteiger partial charge in [-0.05, 0) is 56.4 Å². The number of aryl methyl sites for hydroxylation is 2. The molecule has 0 aliphatic heterocycles. The number of rotatable bonds is 6. The second-order valence-electron chi connectivity index (χ2n) is 8.56. The molecule has 1 amide bonds. The molecule has 0 spiro atoms. The largest absolute Gasteiger partial charge is 0.320 e. The number of nitrogens with zero attached hydrogens (tertiary/aromatic N) is 4. The van der Waals surface area contributed by atoms with E-state index in [4.69, 9.17) is 4.98 Å². The number of benzene rings is 1. The SMILES string of the molecule is Cc1c(NC(=O)CCSc2nc3c(cc2C#N)CCCCCC3)c(=O)n(-c2ccccc2)n1C. The zero-order valence-corrected chi connectivity index (χ0v) is 20.5. The van der Waals surface area contributed by atoms with Crippen molar-refractivity contribution in [1.82, 2.24) is 14.3 Å². The Kier molecular flexibility index (Phi) is 7.53. The van der Waals surface area contributed by atoms with E-state index >= 15 is 0 Å². The van der Waals surface area contributed by atoms with Gasteiger partial charge in [0.25, 0.3) is 5.56 Å². The van der Waals surface area contributed by atoms with E-state index in [0.717, 1.165) is 37.1 Å². The molecule has 8 heteroatoms. The third-order valence-corrected chi connectivity index (χ3v) is 7.27. The molecule has 0 unspecified atom stereocenters. The molecule has 0 saturated carbocycles.